The van der Waals surface area contributed by atoms with E-state index >= 15 is 0 Å². The monoisotopic (exact) mass is 631 g/mol. The van der Waals surface area contributed by atoms with Crippen molar-refractivity contribution in [3.8, 4) is 16.8 Å². The Morgan fingerprint density at radius 2 is 2.00 bits per heavy atom. The summed E-state index contributed by atoms with van der Waals surface area (Å²) in [6.45, 7) is 0. The minimum atomic E-state index is -1.06. The molecule has 1 aliphatic rings. The number of amides is 1. The second kappa shape index (κ2) is 14.9. The molecule has 0 fully saturated rings. The third kappa shape index (κ3) is 8.09. The van der Waals surface area contributed by atoms with Gasteiger partial charge in [0, 0.05) is 53.0 Å². The van der Waals surface area contributed by atoms with Crippen LogP contribution in [0.2, 0.25) is 5.02 Å². The minimum absolute atomic E-state index is 0.106. The Morgan fingerprint density at radius 3 is 2.78 bits per heavy atom. The average molecular weight is 632 g/mol. The molecular formula is C32H34ClN7O5. The predicted molar refractivity (Wildman–Crippen MR) is 168 cm³/mol. The number of rotatable bonds is 8. The summed E-state index contributed by atoms with van der Waals surface area (Å²) < 4.78 is 11.6. The summed E-state index contributed by atoms with van der Waals surface area (Å²) in [4.78, 5) is 29.8. The maximum Gasteiger partial charge on any atom is 0.309 e. The van der Waals surface area contributed by atoms with E-state index in [4.69, 9.17) is 21.1 Å². The van der Waals surface area contributed by atoms with Crippen LogP contribution in [0.25, 0.3) is 22.9 Å². The number of tetrazole rings is 1. The van der Waals surface area contributed by atoms with Gasteiger partial charge in [-0.1, -0.05) is 36.6 Å². The number of pyridine rings is 1. The Kier molecular flexibility index (Phi) is 10.5. The van der Waals surface area contributed by atoms with Crippen molar-refractivity contribution >= 4 is 35.2 Å². The molecule has 4 aromatic rings. The van der Waals surface area contributed by atoms with Crippen LogP contribution in [0.5, 0.6) is 0 Å². The number of ether oxygens (including phenoxy) is 2. The van der Waals surface area contributed by atoms with Crippen molar-refractivity contribution in [1.29, 1.82) is 0 Å². The van der Waals surface area contributed by atoms with E-state index in [0.29, 0.717) is 29.1 Å². The van der Waals surface area contributed by atoms with E-state index in [1.165, 1.54) is 31.3 Å². The van der Waals surface area contributed by atoms with Crippen LogP contribution in [-0.2, 0) is 25.5 Å². The number of anilines is 1. The lowest BCUT2D eigenvalue weighted by Crippen LogP contribution is -2.35. The van der Waals surface area contributed by atoms with Gasteiger partial charge in [0.25, 0.3) is 0 Å². The van der Waals surface area contributed by atoms with Crippen LogP contribution in [0, 0.1) is 0 Å². The van der Waals surface area contributed by atoms with Crippen LogP contribution in [0.4, 0.5) is 5.69 Å². The fourth-order valence-electron chi connectivity index (χ4n) is 5.32. The van der Waals surface area contributed by atoms with Gasteiger partial charge < -0.3 is 25.2 Å². The highest BCUT2D eigenvalue weighted by atomic mass is 35.5. The molecule has 0 radical (unpaired) electrons. The number of aromatic nitrogens is 5. The highest BCUT2D eigenvalue weighted by Crippen LogP contribution is 2.34. The van der Waals surface area contributed by atoms with E-state index in [-0.39, 0.29) is 24.3 Å². The molecule has 0 saturated carbocycles. The number of hydrogen-bond donors (Lipinski definition) is 3. The van der Waals surface area contributed by atoms with E-state index in [1.807, 2.05) is 24.3 Å². The summed E-state index contributed by atoms with van der Waals surface area (Å²) in [5, 5.41) is 29.1. The summed E-state index contributed by atoms with van der Waals surface area (Å²) in [7, 11) is 2.81. The Balaban J connectivity index is 1.44. The first-order valence-corrected chi connectivity index (χ1v) is 14.9. The first-order chi connectivity index (χ1) is 21.8. The van der Waals surface area contributed by atoms with Gasteiger partial charge in [0.1, 0.15) is 6.33 Å². The second-order valence-corrected chi connectivity index (χ2v) is 11.1. The van der Waals surface area contributed by atoms with E-state index in [2.05, 4.69) is 31.1 Å². The molecule has 45 heavy (non-hydrogen) atoms. The number of nitrogens with one attached hydrogen (secondary N) is 2. The standard InChI is InChI=1S/C32H34ClN7O5/c1-44-31(42)14-20-7-10-25-22-15-23(18-34-17-22)26(5-3-4-6-27(32(43)45-2)36-28(25)13-20)37-30(41)12-8-21-16-24(33)9-11-29(21)40-19-35-38-39-40/h7-13,15-19,26-27,32,36,43H,3-6,14H2,1-2H3,(H,37,41)/b12-8+/t26-,27+,32?/m0/s1. The number of halogens is 1. The molecule has 2 aromatic carbocycles. The van der Waals surface area contributed by atoms with Gasteiger partial charge >= 0.3 is 5.97 Å². The highest BCUT2D eigenvalue weighted by molar-refractivity contribution is 6.30. The molecule has 5 rings (SSSR count). The highest BCUT2D eigenvalue weighted by Gasteiger charge is 2.23. The quantitative estimate of drug-likeness (QED) is 0.146. The van der Waals surface area contributed by atoms with Gasteiger partial charge in [-0.15, -0.1) is 5.10 Å². The van der Waals surface area contributed by atoms with Crippen LogP contribution in [0.3, 0.4) is 0 Å². The number of aliphatic hydroxyl groups is 1. The van der Waals surface area contributed by atoms with Crippen molar-refractivity contribution in [2.24, 2.45) is 0 Å². The number of carbonyl (C=O) groups is 2. The van der Waals surface area contributed by atoms with Crippen LogP contribution >= 0.6 is 11.6 Å². The third-order valence-corrected chi connectivity index (χ3v) is 7.87. The zero-order chi connectivity index (χ0) is 31.8. The molecule has 3 atom stereocenters. The van der Waals surface area contributed by atoms with Crippen molar-refractivity contribution in [1.82, 2.24) is 30.5 Å². The van der Waals surface area contributed by atoms with Gasteiger partial charge in [-0.05, 0) is 70.8 Å². The number of hydrogen-bond acceptors (Lipinski definition) is 10. The number of esters is 1. The average Bonchev–Trinajstić information content (AvgIpc) is 3.59. The molecular weight excluding hydrogens is 598 g/mol. The largest absolute Gasteiger partial charge is 0.469 e. The van der Waals surface area contributed by atoms with E-state index in [0.717, 1.165) is 40.8 Å². The normalized spacial score (nSPS) is 17.3. The van der Waals surface area contributed by atoms with Crippen molar-refractivity contribution in [3.63, 3.8) is 0 Å². The maximum absolute atomic E-state index is 13.3. The van der Waals surface area contributed by atoms with Crippen LogP contribution < -0.4 is 10.6 Å². The molecule has 1 unspecified atom stereocenters. The Labute approximate surface area is 265 Å². The molecule has 234 valence electrons. The number of aliphatic hydroxyl groups excluding tert-OH is 1. The molecule has 13 heteroatoms. The van der Waals surface area contributed by atoms with Gasteiger partial charge in [0.2, 0.25) is 5.91 Å². The third-order valence-electron chi connectivity index (χ3n) is 7.63. The zero-order valence-corrected chi connectivity index (χ0v) is 25.6. The smallest absolute Gasteiger partial charge is 0.309 e. The molecule has 3 heterocycles. The summed E-state index contributed by atoms with van der Waals surface area (Å²) in [6, 6.07) is 12.1. The van der Waals surface area contributed by atoms with Crippen LogP contribution in [0.1, 0.15) is 48.4 Å². The van der Waals surface area contributed by atoms with Gasteiger partial charge in [0.15, 0.2) is 6.29 Å². The summed E-state index contributed by atoms with van der Waals surface area (Å²) >= 11 is 6.24. The summed E-state index contributed by atoms with van der Waals surface area (Å²) in [5.74, 6) is -0.641. The van der Waals surface area contributed by atoms with Gasteiger partial charge in [-0.3, -0.25) is 14.6 Å². The van der Waals surface area contributed by atoms with Crippen molar-refractivity contribution < 1.29 is 24.2 Å². The van der Waals surface area contributed by atoms with E-state index < -0.39 is 12.3 Å². The molecule has 2 bridgehead atoms. The van der Waals surface area contributed by atoms with Gasteiger partial charge in [-0.2, -0.15) is 4.68 Å². The Hall–Kier alpha value is -4.65. The van der Waals surface area contributed by atoms with Crippen molar-refractivity contribution in [2.75, 3.05) is 19.5 Å². The lowest BCUT2D eigenvalue weighted by molar-refractivity contribution is -0.139. The Morgan fingerprint density at radius 1 is 1.16 bits per heavy atom. The van der Waals surface area contributed by atoms with Crippen molar-refractivity contribution in [2.45, 2.75) is 50.5 Å². The fourth-order valence-corrected chi connectivity index (χ4v) is 5.50. The number of methoxy groups -OCH3 is 2. The molecule has 0 saturated heterocycles. The molecule has 0 spiro atoms. The molecule has 1 amide bonds. The van der Waals surface area contributed by atoms with E-state index in [1.54, 1.807) is 36.7 Å². The zero-order valence-electron chi connectivity index (χ0n) is 24.9. The first kappa shape index (κ1) is 31.8. The lowest BCUT2D eigenvalue weighted by Gasteiger charge is -2.27. The topological polar surface area (TPSA) is 153 Å². The van der Waals surface area contributed by atoms with Crippen molar-refractivity contribution in [3.05, 3.63) is 89.0 Å². The molecule has 3 N–H and O–H groups in total. The number of fused-ring (bicyclic) bond motifs is 4. The number of carbonyl (C=O) groups excluding carboxylic acids is 2. The molecule has 0 aliphatic carbocycles. The summed E-state index contributed by atoms with van der Waals surface area (Å²) in [5.41, 5.74) is 5.32. The summed E-state index contributed by atoms with van der Waals surface area (Å²) in [6.07, 6.45) is 9.93. The second-order valence-electron chi connectivity index (χ2n) is 10.7. The van der Waals surface area contributed by atoms with Gasteiger partial charge in [-0.25, -0.2) is 0 Å². The SMILES string of the molecule is COC(=O)Cc1ccc2c(c1)N[C@@H](C(O)OC)CCCC[C@H](NC(=O)/C=C/c1cc(Cl)ccc1-n1cnnn1)c1cncc-2c1. The van der Waals surface area contributed by atoms with Crippen LogP contribution in [0.15, 0.2) is 67.3 Å². The predicted octanol–water partition coefficient (Wildman–Crippen LogP) is 4.28. The first-order valence-electron chi connectivity index (χ1n) is 14.5. The maximum atomic E-state index is 13.3. The molecule has 1 aliphatic heterocycles. The number of benzene rings is 2. The number of nitrogens with zero attached hydrogens (tertiary/aromatic N) is 5. The van der Waals surface area contributed by atoms with Gasteiger partial charge in [0.05, 0.1) is 31.3 Å². The van der Waals surface area contributed by atoms with E-state index in [9.17, 15) is 14.7 Å². The Bertz CT molecular complexity index is 1660. The minimum Gasteiger partial charge on any atom is -0.469 e. The van der Waals surface area contributed by atoms with Crippen LogP contribution in [-0.4, -0.2) is 68.7 Å². The molecule has 12 nitrogen and oxygen atoms in total. The fraction of sp³-hybridized carbons (Fsp3) is 0.312. The lowest BCUT2D eigenvalue weighted by atomic mass is 9.94. The molecule has 2 aromatic heterocycles.